The fourth-order valence-electron chi connectivity index (χ4n) is 2.92. The molecule has 1 unspecified atom stereocenters. The molecule has 0 radical (unpaired) electrons. The third kappa shape index (κ3) is 5.95. The summed E-state index contributed by atoms with van der Waals surface area (Å²) in [6.45, 7) is 1.97. The summed E-state index contributed by atoms with van der Waals surface area (Å²) < 4.78 is 52.4. The molecule has 0 saturated carbocycles. The molecule has 32 heavy (non-hydrogen) atoms. The van der Waals surface area contributed by atoms with E-state index in [-0.39, 0.29) is 0 Å². The maximum Gasteiger partial charge on any atom is 0.424 e. The van der Waals surface area contributed by atoms with Crippen molar-refractivity contribution in [3.8, 4) is 11.5 Å². The number of hydrogen-bond acceptors (Lipinski definition) is 5. The average Bonchev–Trinajstić information content (AvgIpc) is 3.16. The van der Waals surface area contributed by atoms with Gasteiger partial charge in [-0.3, -0.25) is 4.79 Å². The Morgan fingerprint density at radius 1 is 1.38 bits per heavy atom. The molecular weight excluding hydrogens is 451 g/mol. The van der Waals surface area contributed by atoms with Crippen LogP contribution in [0, 0.1) is 0 Å². The zero-order valence-electron chi connectivity index (χ0n) is 17.9. The second-order valence-corrected chi connectivity index (χ2v) is 7.38. The van der Waals surface area contributed by atoms with E-state index in [1.807, 2.05) is 6.92 Å². The largest absolute Gasteiger partial charge is 0.493 e. The highest BCUT2D eigenvalue weighted by Gasteiger charge is 2.57. The lowest BCUT2D eigenvalue weighted by molar-refractivity contribution is -0.272. The Morgan fingerprint density at radius 2 is 2.09 bits per heavy atom. The number of aromatic nitrogens is 2. The molecule has 0 bridgehead atoms. The van der Waals surface area contributed by atoms with Crippen LogP contribution in [0.4, 0.5) is 13.2 Å². The molecular formula is C21H25ClF3N3O4. The van der Waals surface area contributed by atoms with Gasteiger partial charge in [0.2, 0.25) is 11.5 Å². The van der Waals surface area contributed by atoms with Crippen molar-refractivity contribution in [2.24, 2.45) is 7.05 Å². The first-order valence-electron chi connectivity index (χ1n) is 9.76. The smallest absolute Gasteiger partial charge is 0.424 e. The van der Waals surface area contributed by atoms with Gasteiger partial charge in [0.15, 0.2) is 11.5 Å². The fourth-order valence-corrected chi connectivity index (χ4v) is 3.20. The second-order valence-electron chi connectivity index (χ2n) is 6.98. The van der Waals surface area contributed by atoms with Gasteiger partial charge in [0.1, 0.15) is 5.82 Å². The number of methoxy groups -OCH3 is 1. The van der Waals surface area contributed by atoms with Crippen LogP contribution in [-0.4, -0.2) is 47.0 Å². The molecule has 1 aromatic carbocycles. The van der Waals surface area contributed by atoms with Gasteiger partial charge in [-0.25, -0.2) is 4.98 Å². The molecule has 0 fully saturated rings. The quantitative estimate of drug-likeness (QED) is 0.510. The Kier molecular flexibility index (Phi) is 8.57. The van der Waals surface area contributed by atoms with Gasteiger partial charge in [-0.05, 0) is 30.2 Å². The Hall–Kier alpha value is -2.72. The third-order valence-corrected chi connectivity index (χ3v) is 4.86. The van der Waals surface area contributed by atoms with Crippen molar-refractivity contribution in [2.45, 2.75) is 31.5 Å². The molecule has 0 aliphatic heterocycles. The predicted octanol–water partition coefficient (Wildman–Crippen LogP) is 3.84. The maximum absolute atomic E-state index is 13.5. The number of nitrogens with one attached hydrogen (secondary N) is 1. The number of carbonyl (C=O) groups is 1. The van der Waals surface area contributed by atoms with E-state index < -0.39 is 36.5 Å². The highest BCUT2D eigenvalue weighted by atomic mass is 35.5. The van der Waals surface area contributed by atoms with Crippen LogP contribution in [0.3, 0.4) is 0 Å². The molecule has 0 saturated heterocycles. The maximum atomic E-state index is 13.5. The first-order valence-corrected chi connectivity index (χ1v) is 10.1. The Morgan fingerprint density at radius 3 is 2.66 bits per heavy atom. The molecule has 176 valence electrons. The summed E-state index contributed by atoms with van der Waals surface area (Å²) in [6.07, 6.45) is 0.0420. The summed E-state index contributed by atoms with van der Waals surface area (Å²) in [5.74, 6) is -0.424. The summed E-state index contributed by atoms with van der Waals surface area (Å²) in [7, 11) is 2.80. The predicted molar refractivity (Wildman–Crippen MR) is 114 cm³/mol. The highest BCUT2D eigenvalue weighted by Crippen LogP contribution is 2.40. The minimum absolute atomic E-state index is 0.295. The second kappa shape index (κ2) is 10.7. The Labute approximate surface area is 188 Å². The molecule has 0 aliphatic rings. The van der Waals surface area contributed by atoms with Gasteiger partial charge in [0, 0.05) is 38.5 Å². The molecule has 11 heteroatoms. The molecule has 7 nitrogen and oxygen atoms in total. The van der Waals surface area contributed by atoms with Crippen molar-refractivity contribution in [2.75, 3.05) is 20.3 Å². The number of benzene rings is 1. The normalized spacial score (nSPS) is 13.8. The van der Waals surface area contributed by atoms with Crippen molar-refractivity contribution in [1.82, 2.24) is 14.9 Å². The van der Waals surface area contributed by atoms with Crippen LogP contribution in [0.1, 0.15) is 31.2 Å². The molecule has 1 aromatic heterocycles. The third-order valence-electron chi connectivity index (χ3n) is 4.58. The van der Waals surface area contributed by atoms with Gasteiger partial charge in [0.05, 0.1) is 18.7 Å². The highest BCUT2D eigenvalue weighted by molar-refractivity contribution is 6.32. The molecule has 2 aromatic rings. The number of aliphatic hydroxyl groups is 1. The first-order chi connectivity index (χ1) is 15.0. The van der Waals surface area contributed by atoms with Crippen LogP contribution in [0.25, 0.3) is 6.08 Å². The van der Waals surface area contributed by atoms with E-state index in [0.717, 1.165) is 23.3 Å². The number of carbonyl (C=O) groups excluding carboxylic acids is 1. The van der Waals surface area contributed by atoms with Crippen LogP contribution < -0.4 is 14.8 Å². The summed E-state index contributed by atoms with van der Waals surface area (Å²) in [4.78, 5) is 15.7. The number of amides is 1. The topological polar surface area (TPSA) is 85.6 Å². The van der Waals surface area contributed by atoms with Crippen molar-refractivity contribution >= 4 is 23.6 Å². The molecule has 0 aliphatic carbocycles. The number of ether oxygens (including phenoxy) is 2. The van der Waals surface area contributed by atoms with E-state index in [1.54, 1.807) is 12.1 Å². The number of halogens is 4. The number of imidazole rings is 1. The number of nitrogens with zero attached hydrogens (tertiary/aromatic N) is 2. The van der Waals surface area contributed by atoms with Gasteiger partial charge in [-0.15, -0.1) is 0 Å². The standard InChI is InChI=1S/C21H25ClF3N3O4/c1-4-11-32-18-15(22)12-14(13-16(18)31-3)5-6-17(29)26-8-7-20(30,21(23,24)25)19-27-9-10-28(19)2/h5-6,9-10,12-13,30H,4,7-8,11H2,1-3H3,(H,26,29)/b6-5+. The van der Waals surface area contributed by atoms with Gasteiger partial charge in [-0.2, -0.15) is 13.2 Å². The van der Waals surface area contributed by atoms with Crippen LogP contribution in [-0.2, 0) is 17.4 Å². The van der Waals surface area contributed by atoms with Gasteiger partial charge >= 0.3 is 6.18 Å². The molecule has 1 heterocycles. The number of alkyl halides is 3. The van der Waals surface area contributed by atoms with E-state index in [9.17, 15) is 23.1 Å². The van der Waals surface area contributed by atoms with Crippen molar-refractivity contribution in [3.63, 3.8) is 0 Å². The lowest BCUT2D eigenvalue weighted by Gasteiger charge is -2.29. The summed E-state index contributed by atoms with van der Waals surface area (Å²) in [5, 5.41) is 12.9. The Balaban J connectivity index is 2.05. The Bertz CT molecular complexity index is 962. The molecule has 1 atom stereocenters. The molecule has 2 rings (SSSR count). The number of aryl methyl sites for hydroxylation is 1. The first kappa shape index (κ1) is 25.5. The van der Waals surface area contributed by atoms with Gasteiger partial charge in [0.25, 0.3) is 0 Å². The molecule has 0 spiro atoms. The monoisotopic (exact) mass is 475 g/mol. The zero-order chi connectivity index (χ0) is 23.9. The van der Waals surface area contributed by atoms with Crippen LogP contribution in [0.2, 0.25) is 5.02 Å². The molecule has 2 N–H and O–H groups in total. The van der Waals surface area contributed by atoms with E-state index in [4.69, 9.17) is 21.1 Å². The van der Waals surface area contributed by atoms with E-state index in [0.29, 0.717) is 28.7 Å². The summed E-state index contributed by atoms with van der Waals surface area (Å²) >= 11 is 6.22. The minimum Gasteiger partial charge on any atom is -0.493 e. The van der Waals surface area contributed by atoms with Crippen LogP contribution in [0.15, 0.2) is 30.6 Å². The average molecular weight is 476 g/mol. The minimum atomic E-state index is -4.97. The lowest BCUT2D eigenvalue weighted by atomic mass is 9.97. The van der Waals surface area contributed by atoms with E-state index in [2.05, 4.69) is 10.3 Å². The fraction of sp³-hybridized carbons (Fsp3) is 0.429. The van der Waals surface area contributed by atoms with E-state index >= 15 is 0 Å². The summed E-state index contributed by atoms with van der Waals surface area (Å²) in [5.41, 5.74) is -2.66. The van der Waals surface area contributed by atoms with Gasteiger partial charge in [-0.1, -0.05) is 18.5 Å². The summed E-state index contributed by atoms with van der Waals surface area (Å²) in [6, 6.07) is 3.19. The van der Waals surface area contributed by atoms with Crippen molar-refractivity contribution in [3.05, 3.63) is 47.0 Å². The SMILES string of the molecule is CCCOc1c(Cl)cc(/C=C/C(=O)NCCC(O)(c2nccn2C)C(F)(F)F)cc1OC. The van der Waals surface area contributed by atoms with Crippen molar-refractivity contribution < 1.29 is 32.5 Å². The van der Waals surface area contributed by atoms with Crippen LogP contribution in [0.5, 0.6) is 11.5 Å². The van der Waals surface area contributed by atoms with Crippen LogP contribution >= 0.6 is 11.6 Å². The number of hydrogen-bond donors (Lipinski definition) is 2. The van der Waals surface area contributed by atoms with Crippen molar-refractivity contribution in [1.29, 1.82) is 0 Å². The van der Waals surface area contributed by atoms with Gasteiger partial charge < -0.3 is 24.5 Å². The number of rotatable bonds is 10. The lowest BCUT2D eigenvalue weighted by Crippen LogP contribution is -2.46. The van der Waals surface area contributed by atoms with E-state index in [1.165, 1.54) is 26.4 Å². The zero-order valence-corrected chi connectivity index (χ0v) is 18.6. The molecule has 1 amide bonds.